The number of hydrogen-bond acceptors (Lipinski definition) is 4. The Hall–Kier alpha value is -3.80. The molecule has 0 spiro atoms. The molecule has 0 atom stereocenters. The fourth-order valence-electron chi connectivity index (χ4n) is 2.61. The van der Waals surface area contributed by atoms with Gasteiger partial charge in [0.15, 0.2) is 0 Å². The van der Waals surface area contributed by atoms with Crippen LogP contribution in [-0.4, -0.2) is 25.5 Å². The van der Waals surface area contributed by atoms with Crippen molar-refractivity contribution in [3.63, 3.8) is 0 Å². The van der Waals surface area contributed by atoms with Gasteiger partial charge in [-0.2, -0.15) is 0 Å². The molecular formula is C22H21N3O3. The molecule has 3 rings (SSSR count). The largest absolute Gasteiger partial charge is 0.497 e. The minimum Gasteiger partial charge on any atom is -0.497 e. The van der Waals surface area contributed by atoms with Gasteiger partial charge in [0.2, 0.25) is 5.91 Å². The van der Waals surface area contributed by atoms with Crippen molar-refractivity contribution in [2.45, 2.75) is 0 Å². The molecule has 2 amide bonds. The molecule has 0 saturated heterocycles. The van der Waals surface area contributed by atoms with Crippen molar-refractivity contribution in [1.82, 2.24) is 0 Å². The second kappa shape index (κ2) is 9.23. The summed E-state index contributed by atoms with van der Waals surface area (Å²) in [5.41, 5.74) is 2.41. The fraction of sp³-hybridized carbons (Fsp3) is 0.0909. The second-order valence-electron chi connectivity index (χ2n) is 6.00. The molecule has 0 aliphatic heterocycles. The number of para-hydroxylation sites is 2. The Labute approximate surface area is 163 Å². The molecule has 3 aromatic carbocycles. The van der Waals surface area contributed by atoms with Crippen LogP contribution in [0.3, 0.4) is 0 Å². The highest BCUT2D eigenvalue weighted by molar-refractivity contribution is 6.08. The van der Waals surface area contributed by atoms with Crippen LogP contribution in [0, 0.1) is 0 Å². The van der Waals surface area contributed by atoms with Crippen molar-refractivity contribution in [2.24, 2.45) is 0 Å². The van der Waals surface area contributed by atoms with Crippen LogP contribution in [-0.2, 0) is 4.79 Å². The predicted octanol–water partition coefficient (Wildman–Crippen LogP) is 4.00. The van der Waals surface area contributed by atoms with Crippen LogP contribution in [0.5, 0.6) is 5.75 Å². The summed E-state index contributed by atoms with van der Waals surface area (Å²) in [6.45, 7) is 0.0434. The maximum atomic E-state index is 12.6. The molecule has 28 heavy (non-hydrogen) atoms. The first-order chi connectivity index (χ1) is 13.7. The first-order valence-corrected chi connectivity index (χ1v) is 8.79. The molecule has 0 bridgehead atoms. The van der Waals surface area contributed by atoms with E-state index in [9.17, 15) is 9.59 Å². The maximum Gasteiger partial charge on any atom is 0.257 e. The summed E-state index contributed by atoms with van der Waals surface area (Å²) >= 11 is 0. The SMILES string of the molecule is COc1ccc(NC(=O)c2ccccc2NCC(=O)Nc2ccccc2)cc1. The summed E-state index contributed by atoms with van der Waals surface area (Å²) in [5.74, 6) is 0.248. The first-order valence-electron chi connectivity index (χ1n) is 8.79. The van der Waals surface area contributed by atoms with E-state index in [4.69, 9.17) is 4.74 Å². The summed E-state index contributed by atoms with van der Waals surface area (Å²) in [6, 6.07) is 23.3. The van der Waals surface area contributed by atoms with Crippen LogP contribution in [0.2, 0.25) is 0 Å². The molecule has 0 radical (unpaired) electrons. The number of benzene rings is 3. The number of ether oxygens (including phenoxy) is 1. The van der Waals surface area contributed by atoms with Crippen molar-refractivity contribution in [3.05, 3.63) is 84.4 Å². The maximum absolute atomic E-state index is 12.6. The Morgan fingerprint density at radius 3 is 2.14 bits per heavy atom. The van der Waals surface area contributed by atoms with Crippen LogP contribution in [0.1, 0.15) is 10.4 Å². The predicted molar refractivity (Wildman–Crippen MR) is 111 cm³/mol. The zero-order valence-electron chi connectivity index (χ0n) is 15.4. The summed E-state index contributed by atoms with van der Waals surface area (Å²) in [5, 5.41) is 8.67. The normalized spacial score (nSPS) is 10.0. The van der Waals surface area contributed by atoms with Crippen molar-refractivity contribution in [3.8, 4) is 5.75 Å². The first kappa shape index (κ1) is 19.0. The number of amides is 2. The van der Waals surface area contributed by atoms with Gasteiger partial charge in [-0.15, -0.1) is 0 Å². The Balaban J connectivity index is 1.63. The number of carbonyl (C=O) groups is 2. The highest BCUT2D eigenvalue weighted by Crippen LogP contribution is 2.19. The molecule has 142 valence electrons. The van der Waals surface area contributed by atoms with Gasteiger partial charge in [0, 0.05) is 17.1 Å². The number of hydrogen-bond donors (Lipinski definition) is 3. The molecule has 0 heterocycles. The van der Waals surface area contributed by atoms with Crippen LogP contribution in [0.4, 0.5) is 17.1 Å². The quantitative estimate of drug-likeness (QED) is 0.583. The lowest BCUT2D eigenvalue weighted by atomic mass is 10.1. The van der Waals surface area contributed by atoms with E-state index < -0.39 is 0 Å². The van der Waals surface area contributed by atoms with Gasteiger partial charge < -0.3 is 20.7 Å². The van der Waals surface area contributed by atoms with Crippen LogP contribution < -0.4 is 20.7 Å². The molecule has 6 heteroatoms. The number of carbonyl (C=O) groups excluding carboxylic acids is 2. The average molecular weight is 375 g/mol. The zero-order valence-corrected chi connectivity index (χ0v) is 15.4. The van der Waals surface area contributed by atoms with E-state index in [-0.39, 0.29) is 18.4 Å². The topological polar surface area (TPSA) is 79.5 Å². The van der Waals surface area contributed by atoms with E-state index in [1.165, 1.54) is 0 Å². The number of methoxy groups -OCH3 is 1. The third-order valence-corrected chi connectivity index (χ3v) is 4.02. The number of rotatable bonds is 7. The van der Waals surface area contributed by atoms with Crippen molar-refractivity contribution in [2.75, 3.05) is 29.6 Å². The van der Waals surface area contributed by atoms with Crippen molar-refractivity contribution < 1.29 is 14.3 Å². The van der Waals surface area contributed by atoms with Gasteiger partial charge in [-0.25, -0.2) is 0 Å². The third-order valence-electron chi connectivity index (χ3n) is 4.02. The van der Waals surface area contributed by atoms with Gasteiger partial charge in [0.25, 0.3) is 5.91 Å². The number of nitrogens with one attached hydrogen (secondary N) is 3. The molecule has 0 aliphatic carbocycles. The van der Waals surface area contributed by atoms with Gasteiger partial charge in [-0.1, -0.05) is 30.3 Å². The lowest BCUT2D eigenvalue weighted by molar-refractivity contribution is -0.114. The molecular weight excluding hydrogens is 354 g/mol. The van der Waals surface area contributed by atoms with Crippen LogP contribution >= 0.6 is 0 Å². The van der Waals surface area contributed by atoms with Gasteiger partial charge in [-0.05, 0) is 48.5 Å². The smallest absolute Gasteiger partial charge is 0.257 e. The van der Waals surface area contributed by atoms with Gasteiger partial charge in [0.1, 0.15) is 5.75 Å². The molecule has 0 saturated carbocycles. The minimum atomic E-state index is -0.267. The molecule has 6 nitrogen and oxygen atoms in total. The van der Waals surface area contributed by atoms with E-state index in [1.54, 1.807) is 49.6 Å². The molecule has 3 N–H and O–H groups in total. The van der Waals surface area contributed by atoms with E-state index in [0.29, 0.717) is 22.7 Å². The lowest BCUT2D eigenvalue weighted by Gasteiger charge is -2.12. The van der Waals surface area contributed by atoms with Gasteiger partial charge in [0.05, 0.1) is 19.2 Å². The average Bonchev–Trinajstić information content (AvgIpc) is 2.73. The van der Waals surface area contributed by atoms with E-state index in [0.717, 1.165) is 5.69 Å². The van der Waals surface area contributed by atoms with Gasteiger partial charge in [-0.3, -0.25) is 9.59 Å². The van der Waals surface area contributed by atoms with Crippen molar-refractivity contribution in [1.29, 1.82) is 0 Å². The standard InChI is InChI=1S/C22H21N3O3/c1-28-18-13-11-17(12-14-18)25-22(27)19-9-5-6-10-20(19)23-15-21(26)24-16-7-3-2-4-8-16/h2-14,23H,15H2,1H3,(H,24,26)(H,25,27). The van der Waals surface area contributed by atoms with Gasteiger partial charge >= 0.3 is 0 Å². The van der Waals surface area contributed by atoms with E-state index >= 15 is 0 Å². The molecule has 3 aromatic rings. The van der Waals surface area contributed by atoms with Crippen LogP contribution in [0.15, 0.2) is 78.9 Å². The summed E-state index contributed by atoms with van der Waals surface area (Å²) in [7, 11) is 1.59. The Kier molecular flexibility index (Phi) is 6.25. The van der Waals surface area contributed by atoms with E-state index in [2.05, 4.69) is 16.0 Å². The third kappa shape index (κ3) is 5.11. The summed E-state index contributed by atoms with van der Waals surface area (Å²) in [6.07, 6.45) is 0. The molecule has 0 fully saturated rings. The fourth-order valence-corrected chi connectivity index (χ4v) is 2.61. The minimum absolute atomic E-state index is 0.0434. The Morgan fingerprint density at radius 2 is 1.43 bits per heavy atom. The van der Waals surface area contributed by atoms with E-state index in [1.807, 2.05) is 36.4 Å². The molecule has 0 aliphatic rings. The highest BCUT2D eigenvalue weighted by Gasteiger charge is 2.12. The Morgan fingerprint density at radius 1 is 0.786 bits per heavy atom. The monoisotopic (exact) mass is 375 g/mol. The Bertz CT molecular complexity index is 941. The summed E-state index contributed by atoms with van der Waals surface area (Å²) in [4.78, 5) is 24.8. The van der Waals surface area contributed by atoms with Crippen LogP contribution in [0.25, 0.3) is 0 Å². The summed E-state index contributed by atoms with van der Waals surface area (Å²) < 4.78 is 5.11. The highest BCUT2D eigenvalue weighted by atomic mass is 16.5. The number of anilines is 3. The lowest BCUT2D eigenvalue weighted by Crippen LogP contribution is -2.23. The zero-order chi connectivity index (χ0) is 19.8. The molecule has 0 unspecified atom stereocenters. The molecule has 0 aromatic heterocycles. The second-order valence-corrected chi connectivity index (χ2v) is 6.00. The van der Waals surface area contributed by atoms with Crippen molar-refractivity contribution >= 4 is 28.9 Å².